The minimum absolute atomic E-state index is 0. The Morgan fingerprint density at radius 1 is 0.689 bits per heavy atom. The number of aromatic nitrogens is 4. The normalized spacial score (nSPS) is 11.7. The van der Waals surface area contributed by atoms with Crippen molar-refractivity contribution in [3.8, 4) is 28.8 Å². The van der Waals surface area contributed by atoms with Crippen LogP contribution in [-0.2, 0) is 26.5 Å². The largest absolute Gasteiger partial charge is 2.00 e. The van der Waals surface area contributed by atoms with Gasteiger partial charge in [0.2, 0.25) is 0 Å². The van der Waals surface area contributed by atoms with Crippen molar-refractivity contribution in [2.75, 3.05) is 0 Å². The van der Waals surface area contributed by atoms with Crippen molar-refractivity contribution in [2.45, 2.75) is 26.2 Å². The van der Waals surface area contributed by atoms with Gasteiger partial charge in [0.1, 0.15) is 17.5 Å². The molecule has 0 fully saturated rings. The third kappa shape index (κ3) is 4.48. The summed E-state index contributed by atoms with van der Waals surface area (Å²) in [5, 5.41) is 14.4. The quantitative estimate of drug-likeness (QED) is 0.169. The van der Waals surface area contributed by atoms with Crippen LogP contribution in [0.25, 0.3) is 66.6 Å². The van der Waals surface area contributed by atoms with Crippen LogP contribution in [-0.4, -0.2) is 19.1 Å². The second kappa shape index (κ2) is 10.8. The van der Waals surface area contributed by atoms with Crippen LogP contribution in [0.4, 0.5) is 0 Å². The second-order valence-corrected chi connectivity index (χ2v) is 12.1. The minimum Gasteiger partial charge on any atom is -0.318 e. The Labute approximate surface area is 275 Å². The Kier molecular flexibility index (Phi) is 6.92. The van der Waals surface area contributed by atoms with Gasteiger partial charge < -0.3 is 4.57 Å². The molecular formula is C39H27N5Pt. The summed E-state index contributed by atoms with van der Waals surface area (Å²) in [5.41, 5.74) is 7.72. The molecule has 0 atom stereocenters. The number of para-hydroxylation sites is 2. The van der Waals surface area contributed by atoms with Gasteiger partial charge in [-0.15, -0.1) is 42.0 Å². The van der Waals surface area contributed by atoms with Gasteiger partial charge in [0.25, 0.3) is 0 Å². The average Bonchev–Trinajstić information content (AvgIpc) is 3.56. The van der Waals surface area contributed by atoms with Gasteiger partial charge in [-0.3, -0.25) is 9.55 Å². The Balaban J connectivity index is 0.00000325. The van der Waals surface area contributed by atoms with Crippen molar-refractivity contribution in [1.82, 2.24) is 19.1 Å². The first-order chi connectivity index (χ1) is 21.4. The van der Waals surface area contributed by atoms with Gasteiger partial charge in [-0.2, -0.15) is 29.0 Å². The SMILES string of the molecule is CC(C)(C)c1cc[c-]c(-n2c3ccccc3c3c(C#N)c4c5ccccc5n(-c5cccc(-c6[c-]cccc6)n5)c4nc32)c1.[Pt+2]. The van der Waals surface area contributed by atoms with E-state index in [0.29, 0.717) is 16.9 Å². The van der Waals surface area contributed by atoms with Crippen LogP contribution in [0.15, 0.2) is 109 Å². The van der Waals surface area contributed by atoms with E-state index in [4.69, 9.17) is 9.97 Å². The molecule has 218 valence electrons. The summed E-state index contributed by atoms with van der Waals surface area (Å²) in [4.78, 5) is 10.5. The zero-order chi connectivity index (χ0) is 30.0. The van der Waals surface area contributed by atoms with E-state index in [-0.39, 0.29) is 26.5 Å². The molecule has 8 aromatic rings. The Morgan fingerprint density at radius 3 is 2.02 bits per heavy atom. The number of fused-ring (bicyclic) bond motifs is 6. The predicted octanol–water partition coefficient (Wildman–Crippen LogP) is 9.10. The molecule has 0 N–H and O–H groups in total. The molecule has 4 heterocycles. The molecule has 45 heavy (non-hydrogen) atoms. The second-order valence-electron chi connectivity index (χ2n) is 12.1. The van der Waals surface area contributed by atoms with Crippen LogP contribution in [0.5, 0.6) is 0 Å². The first kappa shape index (κ1) is 28.7. The number of nitriles is 1. The number of hydrogen-bond donors (Lipinski definition) is 0. The first-order valence-electron chi connectivity index (χ1n) is 14.7. The molecule has 0 aliphatic rings. The van der Waals surface area contributed by atoms with Crippen molar-refractivity contribution in [1.29, 1.82) is 5.26 Å². The average molecular weight is 761 g/mol. The van der Waals surface area contributed by atoms with Crippen molar-refractivity contribution >= 4 is 43.9 Å². The van der Waals surface area contributed by atoms with Crippen LogP contribution in [0, 0.1) is 23.5 Å². The number of pyridine rings is 2. The fourth-order valence-corrected chi connectivity index (χ4v) is 6.27. The maximum atomic E-state index is 10.8. The van der Waals surface area contributed by atoms with Gasteiger partial charge >= 0.3 is 21.1 Å². The number of nitrogens with zero attached hydrogens (tertiary/aromatic N) is 5. The summed E-state index contributed by atoms with van der Waals surface area (Å²) in [6, 6.07) is 45.8. The maximum absolute atomic E-state index is 10.8. The van der Waals surface area contributed by atoms with Gasteiger partial charge in [0.15, 0.2) is 5.65 Å². The van der Waals surface area contributed by atoms with Crippen LogP contribution in [0.1, 0.15) is 31.9 Å². The maximum Gasteiger partial charge on any atom is 2.00 e. The smallest absolute Gasteiger partial charge is 0.318 e. The fraction of sp³-hybridized carbons (Fsp3) is 0.103. The molecule has 4 aromatic heterocycles. The molecule has 0 radical (unpaired) electrons. The van der Waals surface area contributed by atoms with Crippen LogP contribution < -0.4 is 0 Å². The molecule has 4 aromatic carbocycles. The van der Waals surface area contributed by atoms with Gasteiger partial charge in [-0.1, -0.05) is 75.0 Å². The van der Waals surface area contributed by atoms with Gasteiger partial charge in [-0.05, 0) is 29.3 Å². The third-order valence-electron chi connectivity index (χ3n) is 8.36. The van der Waals surface area contributed by atoms with E-state index < -0.39 is 0 Å². The zero-order valence-corrected chi connectivity index (χ0v) is 27.2. The van der Waals surface area contributed by atoms with E-state index in [1.54, 1.807) is 0 Å². The monoisotopic (exact) mass is 760 g/mol. The fourth-order valence-electron chi connectivity index (χ4n) is 6.27. The molecule has 8 rings (SSSR count). The Bertz CT molecular complexity index is 2440. The van der Waals surface area contributed by atoms with Crippen molar-refractivity contribution in [2.24, 2.45) is 0 Å². The minimum atomic E-state index is -0.0413. The van der Waals surface area contributed by atoms with E-state index in [0.717, 1.165) is 55.3 Å². The van der Waals surface area contributed by atoms with Crippen LogP contribution in [0.3, 0.4) is 0 Å². The molecule has 0 unspecified atom stereocenters. The molecule has 0 spiro atoms. The Hall–Kier alpha value is -5.04. The zero-order valence-electron chi connectivity index (χ0n) is 24.9. The molecule has 6 heteroatoms. The van der Waals surface area contributed by atoms with E-state index >= 15 is 0 Å². The van der Waals surface area contributed by atoms with E-state index in [2.05, 4.69) is 84.5 Å². The summed E-state index contributed by atoms with van der Waals surface area (Å²) >= 11 is 0. The topological polar surface area (TPSA) is 59.4 Å². The van der Waals surface area contributed by atoms with E-state index in [1.807, 2.05) is 72.8 Å². The summed E-state index contributed by atoms with van der Waals surface area (Å²) in [5.74, 6) is 0.727. The van der Waals surface area contributed by atoms with Crippen molar-refractivity contribution < 1.29 is 21.1 Å². The van der Waals surface area contributed by atoms with Gasteiger partial charge in [-0.25, -0.2) is 4.98 Å². The van der Waals surface area contributed by atoms with Gasteiger partial charge in [0, 0.05) is 21.5 Å². The predicted molar refractivity (Wildman–Crippen MR) is 177 cm³/mol. The Morgan fingerprint density at radius 2 is 1.36 bits per heavy atom. The third-order valence-corrected chi connectivity index (χ3v) is 8.36. The molecule has 0 bridgehead atoms. The summed E-state index contributed by atoms with van der Waals surface area (Å²) in [7, 11) is 0. The first-order valence-corrected chi connectivity index (χ1v) is 14.7. The molecule has 0 amide bonds. The van der Waals surface area contributed by atoms with Crippen LogP contribution in [0.2, 0.25) is 0 Å². The van der Waals surface area contributed by atoms with E-state index in [1.165, 1.54) is 5.56 Å². The number of rotatable bonds is 3. The van der Waals surface area contributed by atoms with Crippen LogP contribution >= 0.6 is 0 Å². The summed E-state index contributed by atoms with van der Waals surface area (Å²) < 4.78 is 4.22. The molecule has 5 nitrogen and oxygen atoms in total. The van der Waals surface area contributed by atoms with Gasteiger partial charge in [0.05, 0.1) is 16.6 Å². The molecule has 0 aliphatic heterocycles. The van der Waals surface area contributed by atoms with Crippen molar-refractivity contribution in [3.05, 3.63) is 132 Å². The van der Waals surface area contributed by atoms with E-state index in [9.17, 15) is 5.26 Å². The molecule has 0 saturated carbocycles. The summed E-state index contributed by atoms with van der Waals surface area (Å²) in [6.07, 6.45) is 0. The summed E-state index contributed by atoms with van der Waals surface area (Å²) in [6.45, 7) is 6.63. The number of hydrogen-bond acceptors (Lipinski definition) is 3. The standard InChI is InChI=1S/C39H27N5.Pt/c1-39(2,3)26-15-11-16-27(23-26)43-32-20-9-7-17-28(32)35-30(24-40)36-29-18-8-10-21-33(29)44(38(36)42-37(35)43)34-22-12-19-31(41-34)25-13-5-4-6-14-25;/h4-13,15,17-23H,1-3H3;/q-2;+2. The molecule has 0 aliphatic carbocycles. The van der Waals surface area contributed by atoms with Crippen molar-refractivity contribution in [3.63, 3.8) is 0 Å². The molecule has 0 saturated heterocycles. The molecular weight excluding hydrogens is 734 g/mol. The number of benzene rings is 4.